The van der Waals surface area contributed by atoms with Gasteiger partial charge in [0.25, 0.3) is 0 Å². The van der Waals surface area contributed by atoms with E-state index in [0.29, 0.717) is 12.5 Å². The lowest BCUT2D eigenvalue weighted by Gasteiger charge is -2.28. The maximum atomic E-state index is 5.89. The fourth-order valence-corrected chi connectivity index (χ4v) is 4.47. The van der Waals surface area contributed by atoms with Crippen LogP contribution in [0.1, 0.15) is 50.6 Å². The van der Waals surface area contributed by atoms with E-state index in [1.165, 1.54) is 18.4 Å². The molecule has 0 bridgehead atoms. The molecule has 2 aliphatic heterocycles. The highest BCUT2D eigenvalue weighted by Crippen LogP contribution is 2.31. The standard InChI is InChI=1S/C25H42N4O3.HI/c1-3-26-25(27-13-8-16-32-20-21-11-17-31-18-12-21)28-19-23(29-14-6-7-15-29)22-9-4-5-10-24(22)30-2;/h4-5,9-10,21,23H,3,6-8,11-20H2,1-2H3,(H2,26,27,28);1H. The van der Waals surface area contributed by atoms with E-state index in [4.69, 9.17) is 19.2 Å². The molecular formula is C25H43IN4O3. The van der Waals surface area contributed by atoms with E-state index >= 15 is 0 Å². The summed E-state index contributed by atoms with van der Waals surface area (Å²) in [6.07, 6.45) is 5.72. The minimum atomic E-state index is 0. The van der Waals surface area contributed by atoms with E-state index in [9.17, 15) is 0 Å². The number of halogens is 1. The molecule has 3 rings (SSSR count). The first-order chi connectivity index (χ1) is 15.8. The zero-order valence-electron chi connectivity index (χ0n) is 20.4. The second-order valence-electron chi connectivity index (χ2n) is 8.63. The van der Waals surface area contributed by atoms with Crippen LogP contribution in [0.2, 0.25) is 0 Å². The molecular weight excluding hydrogens is 531 g/mol. The van der Waals surface area contributed by atoms with Crippen molar-refractivity contribution in [1.29, 1.82) is 0 Å². The summed E-state index contributed by atoms with van der Waals surface area (Å²) in [6, 6.07) is 8.57. The van der Waals surface area contributed by atoms with E-state index in [-0.39, 0.29) is 30.0 Å². The second-order valence-corrected chi connectivity index (χ2v) is 8.63. The van der Waals surface area contributed by atoms with Crippen molar-refractivity contribution in [1.82, 2.24) is 15.5 Å². The minimum Gasteiger partial charge on any atom is -0.496 e. The number of para-hydroxylation sites is 1. The monoisotopic (exact) mass is 574 g/mol. The Kier molecular flexibility index (Phi) is 14.1. The summed E-state index contributed by atoms with van der Waals surface area (Å²) in [6.45, 7) is 10.1. The van der Waals surface area contributed by atoms with Gasteiger partial charge in [-0.25, -0.2) is 0 Å². The van der Waals surface area contributed by atoms with Gasteiger partial charge in [-0.15, -0.1) is 24.0 Å². The highest BCUT2D eigenvalue weighted by atomic mass is 127. The Hall–Kier alpha value is -1.10. The lowest BCUT2D eigenvalue weighted by atomic mass is 10.0. The highest BCUT2D eigenvalue weighted by molar-refractivity contribution is 14.0. The van der Waals surface area contributed by atoms with Gasteiger partial charge in [0, 0.05) is 45.1 Å². The van der Waals surface area contributed by atoms with Crippen molar-refractivity contribution in [2.45, 2.75) is 45.1 Å². The Bertz CT molecular complexity index is 679. The fraction of sp³-hybridized carbons (Fsp3) is 0.720. The molecule has 8 heteroatoms. The van der Waals surface area contributed by atoms with Crippen molar-refractivity contribution < 1.29 is 14.2 Å². The Morgan fingerprint density at radius 2 is 1.94 bits per heavy atom. The molecule has 33 heavy (non-hydrogen) atoms. The Morgan fingerprint density at radius 1 is 1.18 bits per heavy atom. The normalized spacial score (nSPS) is 18.5. The molecule has 0 saturated carbocycles. The summed E-state index contributed by atoms with van der Waals surface area (Å²) in [5.41, 5.74) is 1.22. The molecule has 188 valence electrons. The van der Waals surface area contributed by atoms with Crippen molar-refractivity contribution in [2.75, 3.05) is 66.3 Å². The molecule has 0 spiro atoms. The molecule has 2 N–H and O–H groups in total. The van der Waals surface area contributed by atoms with Gasteiger partial charge in [0.05, 0.1) is 19.7 Å². The maximum absolute atomic E-state index is 5.89. The Labute approximate surface area is 217 Å². The van der Waals surface area contributed by atoms with Crippen LogP contribution in [0.5, 0.6) is 5.75 Å². The highest BCUT2D eigenvalue weighted by Gasteiger charge is 2.25. The van der Waals surface area contributed by atoms with Crippen molar-refractivity contribution in [3.05, 3.63) is 29.8 Å². The van der Waals surface area contributed by atoms with Crippen LogP contribution in [-0.4, -0.2) is 77.1 Å². The van der Waals surface area contributed by atoms with E-state index < -0.39 is 0 Å². The second kappa shape index (κ2) is 16.5. The first-order valence-electron chi connectivity index (χ1n) is 12.4. The number of guanidine groups is 1. The molecule has 2 saturated heterocycles. The number of hydrogen-bond donors (Lipinski definition) is 2. The molecule has 1 aromatic rings. The predicted octanol–water partition coefficient (Wildman–Crippen LogP) is 3.84. The molecule has 0 radical (unpaired) electrons. The molecule has 0 aliphatic carbocycles. The minimum absolute atomic E-state index is 0. The molecule has 7 nitrogen and oxygen atoms in total. The number of nitrogens with one attached hydrogen (secondary N) is 2. The number of benzene rings is 1. The zero-order chi connectivity index (χ0) is 22.4. The fourth-order valence-electron chi connectivity index (χ4n) is 4.47. The molecule has 0 amide bonds. The first kappa shape index (κ1) is 28.1. The predicted molar refractivity (Wildman–Crippen MR) is 145 cm³/mol. The topological polar surface area (TPSA) is 67.4 Å². The number of methoxy groups -OCH3 is 1. The number of ether oxygens (including phenoxy) is 3. The van der Waals surface area contributed by atoms with Gasteiger partial charge in [-0.3, -0.25) is 9.89 Å². The van der Waals surface area contributed by atoms with Gasteiger partial charge in [-0.05, 0) is 64.1 Å². The van der Waals surface area contributed by atoms with Crippen LogP contribution in [0, 0.1) is 5.92 Å². The summed E-state index contributed by atoms with van der Waals surface area (Å²) in [7, 11) is 1.75. The third-order valence-corrected chi connectivity index (χ3v) is 6.30. The third-order valence-electron chi connectivity index (χ3n) is 6.30. The van der Waals surface area contributed by atoms with Crippen LogP contribution in [0.15, 0.2) is 29.3 Å². The average Bonchev–Trinajstić information content (AvgIpc) is 3.37. The number of aliphatic imine (C=N–C) groups is 1. The van der Waals surface area contributed by atoms with Gasteiger partial charge in [-0.2, -0.15) is 0 Å². The van der Waals surface area contributed by atoms with Crippen LogP contribution in [-0.2, 0) is 9.47 Å². The number of rotatable bonds is 12. The van der Waals surface area contributed by atoms with Crippen molar-refractivity contribution in [3.8, 4) is 5.75 Å². The van der Waals surface area contributed by atoms with Gasteiger partial charge >= 0.3 is 0 Å². The SMILES string of the molecule is CCNC(=NCC(c1ccccc1OC)N1CCCC1)NCCCOCC1CCOCC1.I. The average molecular weight is 575 g/mol. The van der Waals surface area contributed by atoms with Gasteiger partial charge in [-0.1, -0.05) is 18.2 Å². The lowest BCUT2D eigenvalue weighted by Crippen LogP contribution is -2.39. The van der Waals surface area contributed by atoms with Crippen molar-refractivity contribution in [3.63, 3.8) is 0 Å². The van der Waals surface area contributed by atoms with Crippen LogP contribution in [0.4, 0.5) is 0 Å². The first-order valence-corrected chi connectivity index (χ1v) is 12.4. The quantitative estimate of drug-likeness (QED) is 0.171. The zero-order valence-corrected chi connectivity index (χ0v) is 22.7. The van der Waals surface area contributed by atoms with Crippen LogP contribution >= 0.6 is 24.0 Å². The van der Waals surface area contributed by atoms with Crippen molar-refractivity contribution >= 4 is 29.9 Å². The van der Waals surface area contributed by atoms with E-state index in [1.807, 2.05) is 12.1 Å². The van der Waals surface area contributed by atoms with Gasteiger partial charge in [0.2, 0.25) is 0 Å². The summed E-state index contributed by atoms with van der Waals surface area (Å²) in [5.74, 6) is 2.48. The summed E-state index contributed by atoms with van der Waals surface area (Å²) < 4.78 is 17.0. The smallest absolute Gasteiger partial charge is 0.191 e. The Morgan fingerprint density at radius 3 is 2.67 bits per heavy atom. The molecule has 1 unspecified atom stereocenters. The largest absolute Gasteiger partial charge is 0.496 e. The van der Waals surface area contributed by atoms with E-state index in [0.717, 1.165) is 83.6 Å². The third kappa shape index (κ3) is 9.58. The summed E-state index contributed by atoms with van der Waals surface area (Å²) in [5, 5.41) is 6.86. The van der Waals surface area contributed by atoms with Crippen LogP contribution < -0.4 is 15.4 Å². The van der Waals surface area contributed by atoms with E-state index in [1.54, 1.807) is 7.11 Å². The van der Waals surface area contributed by atoms with Crippen LogP contribution in [0.25, 0.3) is 0 Å². The van der Waals surface area contributed by atoms with Crippen LogP contribution in [0.3, 0.4) is 0 Å². The molecule has 1 atom stereocenters. The van der Waals surface area contributed by atoms with Gasteiger partial charge in [0.15, 0.2) is 5.96 Å². The Balaban J connectivity index is 0.00000385. The molecule has 0 aromatic heterocycles. The summed E-state index contributed by atoms with van der Waals surface area (Å²) in [4.78, 5) is 7.48. The molecule has 1 aromatic carbocycles. The van der Waals surface area contributed by atoms with E-state index in [2.05, 4.69) is 34.6 Å². The van der Waals surface area contributed by atoms with Crippen molar-refractivity contribution in [2.24, 2.45) is 10.9 Å². The number of likely N-dealkylation sites (tertiary alicyclic amines) is 1. The number of nitrogens with zero attached hydrogens (tertiary/aromatic N) is 2. The van der Waals surface area contributed by atoms with Gasteiger partial charge in [0.1, 0.15) is 5.75 Å². The lowest BCUT2D eigenvalue weighted by molar-refractivity contribution is 0.0203. The van der Waals surface area contributed by atoms with Gasteiger partial charge < -0.3 is 24.8 Å². The maximum Gasteiger partial charge on any atom is 0.191 e. The molecule has 2 heterocycles. The summed E-state index contributed by atoms with van der Waals surface area (Å²) >= 11 is 0. The number of hydrogen-bond acceptors (Lipinski definition) is 5. The molecule has 2 aliphatic rings. The molecule has 2 fully saturated rings.